The van der Waals surface area contributed by atoms with Crippen molar-refractivity contribution in [1.82, 2.24) is 34.3 Å². The van der Waals surface area contributed by atoms with Gasteiger partial charge in [-0.2, -0.15) is 0 Å². The first-order chi connectivity index (χ1) is 15.7. The SMILES string of the molecule is O=c1ccc2ccc(=O)n3c2n1C[C@H]3CN1CCC(NCc2nc3ncccc3[nH]2)CC1. The molecule has 32 heavy (non-hydrogen) atoms. The lowest BCUT2D eigenvalue weighted by atomic mass is 10.0. The summed E-state index contributed by atoms with van der Waals surface area (Å²) in [6.45, 7) is 3.96. The van der Waals surface area contributed by atoms with Crippen LogP contribution in [-0.2, 0) is 13.1 Å². The molecule has 9 heteroatoms. The number of aromatic nitrogens is 5. The molecule has 0 aromatic carbocycles. The predicted molar refractivity (Wildman–Crippen MR) is 122 cm³/mol. The molecule has 164 valence electrons. The molecular weight excluding hydrogens is 406 g/mol. The van der Waals surface area contributed by atoms with Crippen molar-refractivity contribution in [3.8, 4) is 0 Å². The van der Waals surface area contributed by atoms with Crippen LogP contribution in [0, 0.1) is 0 Å². The van der Waals surface area contributed by atoms with Gasteiger partial charge in [0.25, 0.3) is 11.1 Å². The molecule has 4 aromatic rings. The fourth-order valence-electron chi connectivity index (χ4n) is 5.13. The van der Waals surface area contributed by atoms with Gasteiger partial charge in [-0.15, -0.1) is 0 Å². The summed E-state index contributed by atoms with van der Waals surface area (Å²) in [6.07, 6.45) is 3.83. The summed E-state index contributed by atoms with van der Waals surface area (Å²) in [5.41, 5.74) is 2.40. The molecule has 0 bridgehead atoms. The summed E-state index contributed by atoms with van der Waals surface area (Å²) in [6, 6.07) is 11.1. The van der Waals surface area contributed by atoms with E-state index >= 15 is 0 Å². The van der Waals surface area contributed by atoms with Crippen LogP contribution in [0.5, 0.6) is 0 Å². The second-order valence-electron chi connectivity index (χ2n) is 8.77. The van der Waals surface area contributed by atoms with Crippen LogP contribution in [0.25, 0.3) is 22.2 Å². The predicted octanol–water partition coefficient (Wildman–Crippen LogP) is 1.24. The van der Waals surface area contributed by atoms with Gasteiger partial charge in [0.2, 0.25) is 0 Å². The second-order valence-corrected chi connectivity index (χ2v) is 8.77. The molecule has 0 unspecified atom stereocenters. The van der Waals surface area contributed by atoms with Crippen LogP contribution in [0.15, 0.2) is 52.2 Å². The third-order valence-corrected chi connectivity index (χ3v) is 6.74. The molecule has 1 saturated heterocycles. The van der Waals surface area contributed by atoms with Gasteiger partial charge in [-0.25, -0.2) is 9.97 Å². The van der Waals surface area contributed by atoms with Crippen molar-refractivity contribution in [2.45, 2.75) is 38.0 Å². The largest absolute Gasteiger partial charge is 0.340 e. The molecule has 0 amide bonds. The smallest absolute Gasteiger partial charge is 0.252 e. The van der Waals surface area contributed by atoms with Crippen LogP contribution in [0.1, 0.15) is 24.7 Å². The Morgan fingerprint density at radius 1 is 1.06 bits per heavy atom. The average molecular weight is 432 g/mol. The molecule has 2 aliphatic heterocycles. The standard InChI is InChI=1S/C23H25N7O2/c31-20-5-3-15-4-6-21(32)30-17(14-29(20)23(15)30)13-28-10-7-16(8-11-28)25-12-19-26-18-2-1-9-24-22(18)27-19/h1-6,9,16-17,25H,7-8,10-14H2,(H,24,26,27)/t17-/m1/s1. The zero-order valence-corrected chi connectivity index (χ0v) is 17.7. The monoisotopic (exact) mass is 431 g/mol. The maximum absolute atomic E-state index is 12.6. The zero-order valence-electron chi connectivity index (χ0n) is 17.7. The lowest BCUT2D eigenvalue weighted by molar-refractivity contribution is 0.171. The molecule has 6 heterocycles. The Balaban J connectivity index is 1.09. The summed E-state index contributed by atoms with van der Waals surface area (Å²) in [7, 11) is 0. The maximum atomic E-state index is 12.6. The highest BCUT2D eigenvalue weighted by Crippen LogP contribution is 2.25. The highest BCUT2D eigenvalue weighted by molar-refractivity contribution is 5.76. The van der Waals surface area contributed by atoms with E-state index in [2.05, 4.69) is 25.2 Å². The number of rotatable bonds is 5. The van der Waals surface area contributed by atoms with E-state index < -0.39 is 0 Å². The maximum Gasteiger partial charge on any atom is 0.252 e. The van der Waals surface area contributed by atoms with Crippen molar-refractivity contribution in [3.05, 3.63) is 69.1 Å². The van der Waals surface area contributed by atoms with E-state index in [4.69, 9.17) is 0 Å². The topological polar surface area (TPSA) is 101 Å². The van der Waals surface area contributed by atoms with Gasteiger partial charge in [-0.3, -0.25) is 18.7 Å². The van der Waals surface area contributed by atoms with E-state index in [1.165, 1.54) is 0 Å². The van der Waals surface area contributed by atoms with Gasteiger partial charge in [0.15, 0.2) is 5.65 Å². The van der Waals surface area contributed by atoms with E-state index in [9.17, 15) is 9.59 Å². The molecule has 2 aliphatic rings. The Morgan fingerprint density at radius 3 is 2.69 bits per heavy atom. The Morgan fingerprint density at radius 2 is 1.88 bits per heavy atom. The Hall–Kier alpha value is -3.30. The van der Waals surface area contributed by atoms with Crippen LogP contribution >= 0.6 is 0 Å². The number of piperidine rings is 1. The summed E-state index contributed by atoms with van der Waals surface area (Å²) < 4.78 is 3.56. The van der Waals surface area contributed by atoms with Crippen LogP contribution in [-0.4, -0.2) is 54.7 Å². The molecule has 1 fully saturated rings. The Bertz CT molecular complexity index is 1370. The number of aromatic amines is 1. The third-order valence-electron chi connectivity index (χ3n) is 6.74. The number of hydrogen-bond acceptors (Lipinski definition) is 6. The third kappa shape index (κ3) is 3.34. The van der Waals surface area contributed by atoms with Gasteiger partial charge in [-0.05, 0) is 50.2 Å². The number of hydrogen-bond donors (Lipinski definition) is 2. The quantitative estimate of drug-likeness (QED) is 0.493. The van der Waals surface area contributed by atoms with Crippen molar-refractivity contribution in [1.29, 1.82) is 0 Å². The summed E-state index contributed by atoms with van der Waals surface area (Å²) in [5.74, 6) is 0.905. The summed E-state index contributed by atoms with van der Waals surface area (Å²) in [4.78, 5) is 39.5. The molecule has 9 nitrogen and oxygen atoms in total. The molecule has 1 atom stereocenters. The number of likely N-dealkylation sites (tertiary alicyclic amines) is 1. The van der Waals surface area contributed by atoms with Gasteiger partial charge >= 0.3 is 0 Å². The lowest BCUT2D eigenvalue weighted by Gasteiger charge is -2.34. The second kappa shape index (κ2) is 7.68. The van der Waals surface area contributed by atoms with Crippen molar-refractivity contribution >= 4 is 22.2 Å². The zero-order chi connectivity index (χ0) is 21.7. The molecule has 0 radical (unpaired) electrons. The highest BCUT2D eigenvalue weighted by Gasteiger charge is 2.29. The van der Waals surface area contributed by atoms with Gasteiger partial charge in [0, 0.05) is 42.8 Å². The van der Waals surface area contributed by atoms with Crippen LogP contribution in [0.2, 0.25) is 0 Å². The van der Waals surface area contributed by atoms with E-state index in [0.29, 0.717) is 19.1 Å². The number of fused-ring (bicyclic) bond motifs is 1. The molecule has 4 aromatic heterocycles. The van der Waals surface area contributed by atoms with E-state index in [1.54, 1.807) is 22.9 Å². The Kier molecular flexibility index (Phi) is 4.65. The minimum atomic E-state index is -0.0388. The highest BCUT2D eigenvalue weighted by atomic mass is 16.1. The molecule has 0 spiro atoms. The van der Waals surface area contributed by atoms with Crippen LogP contribution in [0.3, 0.4) is 0 Å². The van der Waals surface area contributed by atoms with E-state index in [-0.39, 0.29) is 17.2 Å². The van der Waals surface area contributed by atoms with Crippen LogP contribution < -0.4 is 16.4 Å². The molecule has 2 N–H and O–H groups in total. The summed E-state index contributed by atoms with van der Waals surface area (Å²) >= 11 is 0. The number of imidazole rings is 1. The van der Waals surface area contributed by atoms with Crippen molar-refractivity contribution < 1.29 is 0 Å². The van der Waals surface area contributed by atoms with Gasteiger partial charge in [0.1, 0.15) is 11.5 Å². The lowest BCUT2D eigenvalue weighted by Crippen LogP contribution is -2.44. The molecule has 6 rings (SSSR count). The molecule has 0 saturated carbocycles. The average Bonchev–Trinajstić information content (AvgIpc) is 3.40. The number of pyridine rings is 3. The van der Waals surface area contributed by atoms with Crippen LogP contribution in [0.4, 0.5) is 0 Å². The number of nitrogens with zero attached hydrogens (tertiary/aromatic N) is 5. The first kappa shape index (κ1) is 19.4. The van der Waals surface area contributed by atoms with Gasteiger partial charge in [0.05, 0.1) is 18.1 Å². The van der Waals surface area contributed by atoms with Crippen molar-refractivity contribution in [2.24, 2.45) is 0 Å². The van der Waals surface area contributed by atoms with E-state index in [0.717, 1.165) is 60.5 Å². The number of H-pyrrole nitrogens is 1. The minimum absolute atomic E-state index is 0.00569. The first-order valence-electron chi connectivity index (χ1n) is 11.2. The Labute approximate surface area is 183 Å². The van der Waals surface area contributed by atoms with Crippen molar-refractivity contribution in [3.63, 3.8) is 0 Å². The van der Waals surface area contributed by atoms with Gasteiger partial charge in [-0.1, -0.05) is 0 Å². The fraction of sp³-hybridized carbons (Fsp3) is 0.391. The van der Waals surface area contributed by atoms with E-state index in [1.807, 2.05) is 28.8 Å². The van der Waals surface area contributed by atoms with Gasteiger partial charge < -0.3 is 15.2 Å². The minimum Gasteiger partial charge on any atom is -0.340 e. The molecule has 0 aliphatic carbocycles. The number of nitrogens with one attached hydrogen (secondary N) is 2. The normalized spacial score (nSPS) is 19.3. The molecular formula is C23H25N7O2. The summed E-state index contributed by atoms with van der Waals surface area (Å²) in [5, 5.41) is 4.55. The fourth-order valence-corrected chi connectivity index (χ4v) is 5.13. The first-order valence-corrected chi connectivity index (χ1v) is 11.2. The van der Waals surface area contributed by atoms with Crippen molar-refractivity contribution in [2.75, 3.05) is 19.6 Å².